The molecule has 0 bridgehead atoms. The van der Waals surface area contributed by atoms with Gasteiger partial charge in [0.05, 0.1) is 5.92 Å². The first-order chi connectivity index (χ1) is 15.5. The van der Waals surface area contributed by atoms with E-state index in [1.54, 1.807) is 6.07 Å². The highest BCUT2D eigenvalue weighted by atomic mass is 79.9. The molecule has 1 aliphatic carbocycles. The number of thiol groups is 1. The lowest BCUT2D eigenvalue weighted by atomic mass is 9.87. The van der Waals surface area contributed by atoms with E-state index in [0.29, 0.717) is 11.3 Å². The summed E-state index contributed by atoms with van der Waals surface area (Å²) in [5, 5.41) is 12.7. The van der Waals surface area contributed by atoms with Gasteiger partial charge in [0.25, 0.3) is 0 Å². The van der Waals surface area contributed by atoms with Crippen molar-refractivity contribution in [3.05, 3.63) is 94.0 Å². The number of carboxylic acids is 1. The molecule has 0 radical (unpaired) electrons. The molecule has 0 aliphatic heterocycles. The van der Waals surface area contributed by atoms with Gasteiger partial charge >= 0.3 is 5.97 Å². The maximum Gasteiger partial charge on any atom is 0.330 e. The second kappa shape index (κ2) is 9.92. The van der Waals surface area contributed by atoms with Crippen molar-refractivity contribution in [3.63, 3.8) is 0 Å². The lowest BCUT2D eigenvalue weighted by Gasteiger charge is -2.25. The molecule has 0 saturated heterocycles. The van der Waals surface area contributed by atoms with Crippen molar-refractivity contribution >= 4 is 40.4 Å². The Morgan fingerprint density at radius 2 is 1.78 bits per heavy atom. The predicted molar refractivity (Wildman–Crippen MR) is 133 cm³/mol. The van der Waals surface area contributed by atoms with Gasteiger partial charge in [-0.05, 0) is 64.8 Å². The van der Waals surface area contributed by atoms with Crippen molar-refractivity contribution in [3.8, 4) is 11.1 Å². The number of aliphatic carboxylic acids is 1. The molecule has 0 fully saturated rings. The third kappa shape index (κ3) is 4.76. The SMILES string of the molecule is O=C(O)[C@@H](NC(=O)[C@@H](CS)[C@H]1CCc2cc(Br)ccc21)c1cccc(-c2ccccc2)c1. The molecule has 6 heteroatoms. The molecule has 164 valence electrons. The average molecular weight is 510 g/mol. The zero-order valence-corrected chi connectivity index (χ0v) is 19.9. The maximum atomic E-state index is 13.2. The van der Waals surface area contributed by atoms with Gasteiger partial charge in [-0.3, -0.25) is 4.79 Å². The summed E-state index contributed by atoms with van der Waals surface area (Å²) in [5.41, 5.74) is 4.83. The number of benzene rings is 3. The summed E-state index contributed by atoms with van der Waals surface area (Å²) in [6.07, 6.45) is 1.75. The van der Waals surface area contributed by atoms with E-state index in [4.69, 9.17) is 0 Å². The van der Waals surface area contributed by atoms with Crippen LogP contribution in [-0.2, 0) is 16.0 Å². The molecule has 32 heavy (non-hydrogen) atoms. The van der Waals surface area contributed by atoms with Crippen molar-refractivity contribution in [2.75, 3.05) is 5.75 Å². The number of carboxylic acid groups (broad SMARTS) is 1. The van der Waals surface area contributed by atoms with Crippen LogP contribution in [0.5, 0.6) is 0 Å². The Balaban J connectivity index is 1.57. The molecule has 3 aromatic carbocycles. The Hall–Kier alpha value is -2.57. The van der Waals surface area contributed by atoms with Crippen molar-refractivity contribution < 1.29 is 14.7 Å². The summed E-state index contributed by atoms with van der Waals surface area (Å²) in [7, 11) is 0. The van der Waals surface area contributed by atoms with Crippen LogP contribution in [0.1, 0.15) is 35.1 Å². The molecule has 1 amide bonds. The van der Waals surface area contributed by atoms with Gasteiger partial charge in [-0.2, -0.15) is 12.6 Å². The molecule has 3 aromatic rings. The van der Waals surface area contributed by atoms with Gasteiger partial charge in [-0.25, -0.2) is 4.79 Å². The van der Waals surface area contributed by atoms with Gasteiger partial charge in [-0.1, -0.05) is 70.5 Å². The number of amides is 1. The van der Waals surface area contributed by atoms with Crippen molar-refractivity contribution in [2.45, 2.75) is 24.8 Å². The summed E-state index contributed by atoms with van der Waals surface area (Å²) in [6, 6.07) is 22.1. The Labute approximate surface area is 201 Å². The molecule has 0 aromatic heterocycles. The molecule has 4 rings (SSSR count). The van der Waals surface area contributed by atoms with E-state index in [9.17, 15) is 14.7 Å². The minimum absolute atomic E-state index is 0.0284. The number of hydrogen-bond donors (Lipinski definition) is 3. The third-order valence-corrected chi connectivity index (χ3v) is 7.00. The number of nitrogens with one attached hydrogen (secondary N) is 1. The van der Waals surface area contributed by atoms with Crippen molar-refractivity contribution in [1.29, 1.82) is 0 Å². The number of aryl methyl sites for hydroxylation is 1. The fourth-order valence-electron chi connectivity index (χ4n) is 4.50. The predicted octanol–water partition coefficient (Wildman–Crippen LogP) is 5.63. The molecule has 1 aliphatic rings. The first-order valence-corrected chi connectivity index (χ1v) is 12.0. The molecule has 0 saturated carbocycles. The highest BCUT2D eigenvalue weighted by Crippen LogP contribution is 2.40. The first-order valence-electron chi connectivity index (χ1n) is 10.6. The number of fused-ring (bicyclic) bond motifs is 1. The van der Waals surface area contributed by atoms with Crippen LogP contribution in [-0.4, -0.2) is 22.7 Å². The zero-order valence-electron chi connectivity index (χ0n) is 17.4. The van der Waals surface area contributed by atoms with E-state index >= 15 is 0 Å². The van der Waals surface area contributed by atoms with Gasteiger partial charge in [0.2, 0.25) is 5.91 Å². The molecule has 4 nitrogen and oxygen atoms in total. The number of carbonyl (C=O) groups excluding carboxylic acids is 1. The van der Waals surface area contributed by atoms with E-state index in [2.05, 4.69) is 46.0 Å². The van der Waals surface area contributed by atoms with Crippen LogP contribution in [0, 0.1) is 5.92 Å². The van der Waals surface area contributed by atoms with Crippen LogP contribution >= 0.6 is 28.6 Å². The number of carbonyl (C=O) groups is 2. The van der Waals surface area contributed by atoms with E-state index < -0.39 is 17.9 Å². The summed E-state index contributed by atoms with van der Waals surface area (Å²) >= 11 is 7.96. The molecule has 2 N–H and O–H groups in total. The molecule has 0 heterocycles. The second-order valence-electron chi connectivity index (χ2n) is 8.05. The standard InChI is InChI=1S/C26H24BrNO3S/c27-20-10-12-21-18(14-20)9-11-22(21)23(15-32)25(29)28-24(26(30)31)19-8-4-7-17(13-19)16-5-2-1-3-6-16/h1-8,10,12-14,22-24,32H,9,11,15H2,(H,28,29)(H,30,31)/t22-,23-,24-/m0/s1. The average Bonchev–Trinajstić information content (AvgIpc) is 3.21. The second-order valence-corrected chi connectivity index (χ2v) is 9.33. The fraction of sp³-hybridized carbons (Fsp3) is 0.231. The molecule has 3 atom stereocenters. The van der Waals surface area contributed by atoms with E-state index in [1.807, 2.05) is 54.6 Å². The van der Waals surface area contributed by atoms with Crippen molar-refractivity contribution in [1.82, 2.24) is 5.32 Å². The minimum Gasteiger partial charge on any atom is -0.479 e. The van der Waals surface area contributed by atoms with Gasteiger partial charge < -0.3 is 10.4 Å². The minimum atomic E-state index is -1.13. The lowest BCUT2D eigenvalue weighted by molar-refractivity contribution is -0.142. The van der Waals surface area contributed by atoms with Crippen LogP contribution in [0.3, 0.4) is 0 Å². The fourth-order valence-corrected chi connectivity index (χ4v) is 5.32. The highest BCUT2D eigenvalue weighted by molar-refractivity contribution is 9.10. The Morgan fingerprint density at radius 1 is 1.03 bits per heavy atom. The zero-order chi connectivity index (χ0) is 22.7. The summed E-state index contributed by atoms with van der Waals surface area (Å²) in [4.78, 5) is 25.4. The largest absolute Gasteiger partial charge is 0.479 e. The highest BCUT2D eigenvalue weighted by Gasteiger charge is 2.35. The van der Waals surface area contributed by atoms with Crippen LogP contribution in [0.25, 0.3) is 11.1 Å². The Kier molecular flexibility index (Phi) is 7.01. The topological polar surface area (TPSA) is 66.4 Å². The molecular weight excluding hydrogens is 486 g/mol. The van der Waals surface area contributed by atoms with Gasteiger partial charge in [-0.15, -0.1) is 0 Å². The smallest absolute Gasteiger partial charge is 0.330 e. The van der Waals surface area contributed by atoms with Gasteiger partial charge in [0.15, 0.2) is 6.04 Å². The summed E-state index contributed by atoms with van der Waals surface area (Å²) < 4.78 is 1.02. The molecule has 0 spiro atoms. The lowest BCUT2D eigenvalue weighted by Crippen LogP contribution is -2.40. The van der Waals surface area contributed by atoms with Crippen LogP contribution < -0.4 is 5.32 Å². The number of rotatable bonds is 7. The Bertz CT molecular complexity index is 1130. The van der Waals surface area contributed by atoms with Crippen LogP contribution in [0.2, 0.25) is 0 Å². The van der Waals surface area contributed by atoms with Gasteiger partial charge in [0.1, 0.15) is 0 Å². The summed E-state index contributed by atoms with van der Waals surface area (Å²) in [6.45, 7) is 0. The normalized spacial score (nSPS) is 16.8. The maximum absolute atomic E-state index is 13.2. The van der Waals surface area contributed by atoms with E-state index in [0.717, 1.165) is 34.0 Å². The van der Waals surface area contributed by atoms with Crippen LogP contribution in [0.15, 0.2) is 77.3 Å². The number of hydrogen-bond acceptors (Lipinski definition) is 3. The Morgan fingerprint density at radius 3 is 2.50 bits per heavy atom. The summed E-state index contributed by atoms with van der Waals surface area (Å²) in [5.74, 6) is -1.39. The van der Waals surface area contributed by atoms with Gasteiger partial charge in [0, 0.05) is 10.2 Å². The van der Waals surface area contributed by atoms with E-state index in [1.165, 1.54) is 5.56 Å². The van der Waals surface area contributed by atoms with E-state index in [-0.39, 0.29) is 11.8 Å². The monoisotopic (exact) mass is 509 g/mol. The first kappa shape index (κ1) is 22.6. The molecular formula is C26H24BrNO3S. The third-order valence-electron chi connectivity index (χ3n) is 6.11. The number of halogens is 1. The van der Waals surface area contributed by atoms with Crippen molar-refractivity contribution in [2.24, 2.45) is 5.92 Å². The van der Waals surface area contributed by atoms with Crippen LogP contribution in [0.4, 0.5) is 0 Å². The molecule has 0 unspecified atom stereocenters. The quantitative estimate of drug-likeness (QED) is 0.361.